The first-order valence-corrected chi connectivity index (χ1v) is 10.9. The molecule has 0 spiro atoms. The van der Waals surface area contributed by atoms with Crippen molar-refractivity contribution in [1.82, 2.24) is 10.7 Å². The number of amides is 1. The van der Waals surface area contributed by atoms with Crippen LogP contribution in [0.4, 0.5) is 13.2 Å². The van der Waals surface area contributed by atoms with Gasteiger partial charge < -0.3 is 4.74 Å². The van der Waals surface area contributed by atoms with Crippen LogP contribution in [0.3, 0.4) is 0 Å². The van der Waals surface area contributed by atoms with Gasteiger partial charge >= 0.3 is 0 Å². The number of carbonyl (C=O) groups is 1. The number of nitrogens with zero attached hydrogens (tertiary/aromatic N) is 3. The second-order valence-corrected chi connectivity index (χ2v) is 8.06. The maximum Gasteiger partial charge on any atom is 0.258 e. The van der Waals surface area contributed by atoms with Gasteiger partial charge in [0, 0.05) is 29.3 Å². The van der Waals surface area contributed by atoms with E-state index in [2.05, 4.69) is 25.8 Å². The maximum absolute atomic E-state index is 13.7. The third-order valence-corrected chi connectivity index (χ3v) is 4.73. The van der Waals surface area contributed by atoms with Gasteiger partial charge in [0.25, 0.3) is 5.91 Å². The standard InChI is InChI=1S/C23H23ClF3N5O2/c1-13(2)34-7-3-6-28-23(30-22(33)14-4-5-18(26)19(27)10-14)29-21-12-20(31-32-21)15-8-16(24)11-17(25)9-15/h4-5,8-11,13H,3,6-7,12H2,1-2H3,(H2,28,29,30,32,33). The van der Waals surface area contributed by atoms with Crippen molar-refractivity contribution in [1.29, 1.82) is 0 Å². The summed E-state index contributed by atoms with van der Waals surface area (Å²) in [4.78, 5) is 21.2. The molecule has 0 aliphatic carbocycles. The fourth-order valence-corrected chi connectivity index (χ4v) is 3.15. The van der Waals surface area contributed by atoms with Crippen molar-refractivity contribution in [3.8, 4) is 0 Å². The van der Waals surface area contributed by atoms with Crippen LogP contribution in [-0.2, 0) is 4.74 Å². The number of halogens is 4. The van der Waals surface area contributed by atoms with Gasteiger partial charge in [0.05, 0.1) is 18.2 Å². The van der Waals surface area contributed by atoms with E-state index in [9.17, 15) is 18.0 Å². The van der Waals surface area contributed by atoms with Crippen LogP contribution in [-0.4, -0.2) is 42.7 Å². The number of carbonyl (C=O) groups excluding carboxylic acids is 1. The van der Waals surface area contributed by atoms with E-state index >= 15 is 0 Å². The molecule has 7 nitrogen and oxygen atoms in total. The minimum Gasteiger partial charge on any atom is -0.379 e. The van der Waals surface area contributed by atoms with Crippen molar-refractivity contribution >= 4 is 35.0 Å². The Morgan fingerprint density at radius 1 is 1.21 bits per heavy atom. The summed E-state index contributed by atoms with van der Waals surface area (Å²) in [6.45, 7) is 4.59. The molecule has 0 atom stereocenters. The summed E-state index contributed by atoms with van der Waals surface area (Å²) in [5.41, 5.74) is 3.61. The highest BCUT2D eigenvalue weighted by Crippen LogP contribution is 2.17. The predicted octanol–water partition coefficient (Wildman–Crippen LogP) is 4.45. The van der Waals surface area contributed by atoms with Gasteiger partial charge in [0.15, 0.2) is 11.6 Å². The molecule has 0 fully saturated rings. The highest BCUT2D eigenvalue weighted by Gasteiger charge is 2.18. The van der Waals surface area contributed by atoms with Gasteiger partial charge in [0.2, 0.25) is 5.96 Å². The lowest BCUT2D eigenvalue weighted by molar-refractivity contribution is 0.0783. The number of nitrogens with one attached hydrogen (secondary N) is 2. The van der Waals surface area contributed by atoms with Gasteiger partial charge in [-0.05, 0) is 56.7 Å². The lowest BCUT2D eigenvalue weighted by Gasteiger charge is -2.08. The SMILES string of the molecule is CC(C)OCCCN=C(N=C1CC(c2cc(F)cc(Cl)c2)=NN1)NC(=O)c1ccc(F)c(F)c1. The summed E-state index contributed by atoms with van der Waals surface area (Å²) in [7, 11) is 0. The van der Waals surface area contributed by atoms with Gasteiger partial charge in [-0.3, -0.25) is 20.5 Å². The fraction of sp³-hybridized carbons (Fsp3) is 0.304. The molecular formula is C23H23ClF3N5O2. The van der Waals surface area contributed by atoms with Crippen molar-refractivity contribution in [3.05, 3.63) is 70.0 Å². The van der Waals surface area contributed by atoms with Crippen molar-refractivity contribution in [2.45, 2.75) is 32.8 Å². The topological polar surface area (TPSA) is 87.4 Å². The van der Waals surface area contributed by atoms with Gasteiger partial charge in [-0.15, -0.1) is 0 Å². The van der Waals surface area contributed by atoms with Gasteiger partial charge in [0.1, 0.15) is 11.7 Å². The summed E-state index contributed by atoms with van der Waals surface area (Å²) < 4.78 is 45.9. The first-order valence-electron chi connectivity index (χ1n) is 10.5. The molecular weight excluding hydrogens is 471 g/mol. The second kappa shape index (κ2) is 11.8. The average molecular weight is 494 g/mol. The first-order chi connectivity index (χ1) is 16.2. The number of rotatable bonds is 7. The molecule has 1 heterocycles. The second-order valence-electron chi connectivity index (χ2n) is 7.63. The van der Waals surface area contributed by atoms with E-state index in [0.29, 0.717) is 36.7 Å². The number of amidine groups is 1. The molecule has 180 valence electrons. The Kier molecular flexibility index (Phi) is 8.78. The molecule has 2 aromatic rings. The summed E-state index contributed by atoms with van der Waals surface area (Å²) in [6, 6.07) is 6.85. The summed E-state index contributed by atoms with van der Waals surface area (Å²) in [5.74, 6) is -3.12. The molecule has 0 saturated heterocycles. The third kappa shape index (κ3) is 7.39. The lowest BCUT2D eigenvalue weighted by Crippen LogP contribution is -2.31. The van der Waals surface area contributed by atoms with E-state index < -0.39 is 23.4 Å². The smallest absolute Gasteiger partial charge is 0.258 e. The zero-order valence-corrected chi connectivity index (χ0v) is 19.3. The number of ether oxygens (including phenoxy) is 1. The van der Waals surface area contributed by atoms with Crippen molar-refractivity contribution < 1.29 is 22.7 Å². The third-order valence-electron chi connectivity index (χ3n) is 4.51. The van der Waals surface area contributed by atoms with Crippen LogP contribution in [0, 0.1) is 17.5 Å². The highest BCUT2D eigenvalue weighted by molar-refractivity contribution is 6.31. The minimum atomic E-state index is -1.15. The molecule has 2 aromatic carbocycles. The van der Waals surface area contributed by atoms with Gasteiger partial charge in [-0.25, -0.2) is 13.2 Å². The van der Waals surface area contributed by atoms with Crippen LogP contribution in [0.25, 0.3) is 0 Å². The molecule has 1 amide bonds. The van der Waals surface area contributed by atoms with Crippen molar-refractivity contribution in [3.63, 3.8) is 0 Å². The molecule has 0 aromatic heterocycles. The molecule has 0 unspecified atom stereocenters. The molecule has 34 heavy (non-hydrogen) atoms. The molecule has 1 aliphatic heterocycles. The van der Waals surface area contributed by atoms with Gasteiger partial charge in [-0.1, -0.05) is 11.6 Å². The summed E-state index contributed by atoms with van der Waals surface area (Å²) in [5, 5.41) is 6.87. The molecule has 3 rings (SSSR count). The lowest BCUT2D eigenvalue weighted by atomic mass is 10.1. The molecule has 11 heteroatoms. The van der Waals surface area contributed by atoms with Crippen LogP contribution in [0.2, 0.25) is 5.02 Å². The summed E-state index contributed by atoms with van der Waals surface area (Å²) in [6.07, 6.45) is 0.854. The zero-order valence-electron chi connectivity index (χ0n) is 18.5. The quantitative estimate of drug-likeness (QED) is 0.339. The highest BCUT2D eigenvalue weighted by atomic mass is 35.5. The van der Waals surface area contributed by atoms with E-state index in [1.165, 1.54) is 12.1 Å². The van der Waals surface area contributed by atoms with E-state index in [0.717, 1.165) is 18.2 Å². The molecule has 0 bridgehead atoms. The molecule has 0 radical (unpaired) electrons. The van der Waals surface area contributed by atoms with E-state index in [1.54, 1.807) is 6.07 Å². The Morgan fingerprint density at radius 3 is 2.71 bits per heavy atom. The molecule has 1 aliphatic rings. The van der Waals surface area contributed by atoms with E-state index in [1.807, 2.05) is 13.8 Å². The predicted molar refractivity (Wildman–Crippen MR) is 125 cm³/mol. The molecule has 0 saturated carbocycles. The summed E-state index contributed by atoms with van der Waals surface area (Å²) >= 11 is 5.92. The number of benzene rings is 2. The number of hydrogen-bond acceptors (Lipinski definition) is 4. The number of guanidine groups is 1. The van der Waals surface area contributed by atoms with Crippen molar-refractivity contribution in [2.24, 2.45) is 15.1 Å². The molecule has 2 N–H and O–H groups in total. The van der Waals surface area contributed by atoms with E-state index in [-0.39, 0.29) is 29.1 Å². The Balaban J connectivity index is 1.74. The van der Waals surface area contributed by atoms with Crippen molar-refractivity contribution in [2.75, 3.05) is 13.2 Å². The van der Waals surface area contributed by atoms with Crippen LogP contribution in [0.15, 0.2) is 51.5 Å². The normalized spacial score (nSPS) is 15.0. The van der Waals surface area contributed by atoms with Gasteiger partial charge in [-0.2, -0.15) is 10.1 Å². The van der Waals surface area contributed by atoms with Crippen LogP contribution >= 0.6 is 11.6 Å². The fourth-order valence-electron chi connectivity index (χ4n) is 2.93. The average Bonchev–Trinajstić information content (AvgIpc) is 3.23. The number of hydrazone groups is 1. The van der Waals surface area contributed by atoms with Crippen LogP contribution < -0.4 is 10.7 Å². The van der Waals surface area contributed by atoms with Crippen LogP contribution in [0.5, 0.6) is 0 Å². The monoisotopic (exact) mass is 493 g/mol. The Hall–Kier alpha value is -3.24. The van der Waals surface area contributed by atoms with Crippen LogP contribution in [0.1, 0.15) is 42.6 Å². The maximum atomic E-state index is 13.7. The minimum absolute atomic E-state index is 0.0458. The Morgan fingerprint density at radius 2 is 2.00 bits per heavy atom. The zero-order chi connectivity index (χ0) is 24.7. The first kappa shape index (κ1) is 25.4. The Labute approximate surface area is 199 Å². The Bertz CT molecular complexity index is 1130. The number of aliphatic imine (C=N–C) groups is 2. The van der Waals surface area contributed by atoms with E-state index in [4.69, 9.17) is 16.3 Å². The number of hydrogen-bond donors (Lipinski definition) is 2. The largest absolute Gasteiger partial charge is 0.379 e.